The fraction of sp³-hybridized carbons (Fsp3) is 0.704. The molecule has 0 saturated heterocycles. The van der Waals surface area contributed by atoms with Gasteiger partial charge in [0.05, 0.1) is 5.60 Å². The molecule has 4 saturated carbocycles. The minimum atomic E-state index is -0.766. The van der Waals surface area contributed by atoms with Gasteiger partial charge in [0.25, 0.3) is 0 Å². The normalized spacial score (nSPS) is 47.9. The van der Waals surface area contributed by atoms with Crippen LogP contribution in [-0.4, -0.2) is 16.7 Å². The fourth-order valence-electron chi connectivity index (χ4n) is 8.74. The van der Waals surface area contributed by atoms with Gasteiger partial charge in [0, 0.05) is 18.3 Å². The predicted molar refractivity (Wildman–Crippen MR) is 117 cm³/mol. The molecule has 0 aliphatic heterocycles. The molecular formula is C27H36O3. The lowest BCUT2D eigenvalue weighted by Crippen LogP contribution is -2.59. The highest BCUT2D eigenvalue weighted by atomic mass is 16.3. The van der Waals surface area contributed by atoms with E-state index in [4.69, 9.17) is 0 Å². The Morgan fingerprint density at radius 3 is 2.43 bits per heavy atom. The molecule has 0 heterocycles. The summed E-state index contributed by atoms with van der Waals surface area (Å²) in [5.41, 5.74) is 0.109. The smallest absolute Gasteiger partial charge is 0.137 e. The Bertz CT molecular complexity index is 862. The summed E-state index contributed by atoms with van der Waals surface area (Å²) in [6.45, 7) is 6.30. The second kappa shape index (κ2) is 6.76. The molecular weight excluding hydrogens is 372 g/mol. The van der Waals surface area contributed by atoms with Crippen molar-refractivity contribution in [1.82, 2.24) is 0 Å². The van der Waals surface area contributed by atoms with Crippen molar-refractivity contribution >= 4 is 11.6 Å². The molecule has 4 aliphatic carbocycles. The molecule has 1 unspecified atom stereocenters. The molecule has 5 rings (SSSR count). The third-order valence-corrected chi connectivity index (χ3v) is 10.2. The van der Waals surface area contributed by atoms with Gasteiger partial charge in [0.1, 0.15) is 11.6 Å². The molecule has 1 aromatic rings. The largest absolute Gasteiger partial charge is 0.385 e. The predicted octanol–water partition coefficient (Wildman–Crippen LogP) is 5.30. The molecule has 0 bridgehead atoms. The van der Waals surface area contributed by atoms with E-state index in [1.807, 2.05) is 30.3 Å². The second-order valence-corrected chi connectivity index (χ2v) is 11.5. The van der Waals surface area contributed by atoms with Crippen LogP contribution in [0.2, 0.25) is 0 Å². The van der Waals surface area contributed by atoms with Crippen molar-refractivity contribution in [2.24, 2.45) is 40.4 Å². The van der Waals surface area contributed by atoms with Gasteiger partial charge in [-0.2, -0.15) is 0 Å². The minimum absolute atomic E-state index is 0.0172. The van der Waals surface area contributed by atoms with Crippen LogP contribution in [0.15, 0.2) is 30.3 Å². The number of hydrogen-bond donors (Lipinski definition) is 1. The van der Waals surface area contributed by atoms with Crippen LogP contribution in [0.3, 0.4) is 0 Å². The summed E-state index contributed by atoms with van der Waals surface area (Å²) >= 11 is 0. The fourth-order valence-corrected chi connectivity index (χ4v) is 8.74. The first kappa shape index (κ1) is 20.4. The monoisotopic (exact) mass is 408 g/mol. The third-order valence-electron chi connectivity index (χ3n) is 10.2. The third kappa shape index (κ3) is 2.73. The van der Waals surface area contributed by atoms with E-state index < -0.39 is 5.60 Å². The Balaban J connectivity index is 1.44. The summed E-state index contributed by atoms with van der Waals surface area (Å²) in [5.74, 6) is 2.16. The zero-order valence-corrected chi connectivity index (χ0v) is 18.7. The number of ketones is 2. The first-order valence-electron chi connectivity index (χ1n) is 12.0. The number of carbonyl (C=O) groups is 2. The highest BCUT2D eigenvalue weighted by Gasteiger charge is 2.64. The summed E-state index contributed by atoms with van der Waals surface area (Å²) in [5, 5.41) is 11.5. The lowest BCUT2D eigenvalue weighted by atomic mass is 9.43. The Hall–Kier alpha value is -1.48. The van der Waals surface area contributed by atoms with Gasteiger partial charge in [0.2, 0.25) is 0 Å². The highest BCUT2D eigenvalue weighted by Crippen LogP contribution is 2.67. The lowest BCUT2D eigenvalue weighted by molar-refractivity contribution is -0.171. The van der Waals surface area contributed by atoms with E-state index in [1.165, 1.54) is 0 Å². The summed E-state index contributed by atoms with van der Waals surface area (Å²) in [4.78, 5) is 26.0. The van der Waals surface area contributed by atoms with E-state index in [0.29, 0.717) is 30.0 Å². The summed E-state index contributed by atoms with van der Waals surface area (Å²) in [6, 6.07) is 10.1. The number of carbonyl (C=O) groups excluding carboxylic acids is 2. The zero-order valence-electron chi connectivity index (χ0n) is 18.7. The molecule has 3 heteroatoms. The van der Waals surface area contributed by atoms with Crippen molar-refractivity contribution in [3.63, 3.8) is 0 Å². The average molecular weight is 409 g/mol. The van der Waals surface area contributed by atoms with Crippen LogP contribution in [0.1, 0.15) is 77.7 Å². The number of Topliss-reactive ketones (excluding diaryl/α,β-unsaturated/α-hetero) is 2. The number of hydrogen-bond acceptors (Lipinski definition) is 3. The van der Waals surface area contributed by atoms with Crippen molar-refractivity contribution in [1.29, 1.82) is 0 Å². The van der Waals surface area contributed by atoms with Gasteiger partial charge in [-0.05, 0) is 86.0 Å². The van der Waals surface area contributed by atoms with Crippen LogP contribution >= 0.6 is 0 Å². The van der Waals surface area contributed by atoms with Gasteiger partial charge < -0.3 is 5.11 Å². The minimum Gasteiger partial charge on any atom is -0.385 e. The van der Waals surface area contributed by atoms with E-state index in [-0.39, 0.29) is 28.4 Å². The van der Waals surface area contributed by atoms with Gasteiger partial charge in [0.15, 0.2) is 0 Å². The number of aliphatic hydroxyl groups is 1. The number of fused-ring (bicyclic) bond motifs is 5. The molecule has 3 nitrogen and oxygen atoms in total. The Kier molecular flexibility index (Phi) is 4.60. The first-order chi connectivity index (χ1) is 14.2. The van der Waals surface area contributed by atoms with Crippen LogP contribution in [0.25, 0.3) is 0 Å². The summed E-state index contributed by atoms with van der Waals surface area (Å²) in [7, 11) is 0. The van der Waals surface area contributed by atoms with Crippen molar-refractivity contribution in [3.05, 3.63) is 35.9 Å². The van der Waals surface area contributed by atoms with Crippen molar-refractivity contribution in [3.8, 4) is 0 Å². The maximum atomic E-state index is 13.7. The Morgan fingerprint density at radius 1 is 1.00 bits per heavy atom. The van der Waals surface area contributed by atoms with Gasteiger partial charge in [-0.15, -0.1) is 0 Å². The molecule has 0 spiro atoms. The first-order valence-corrected chi connectivity index (χ1v) is 12.0. The molecule has 8 atom stereocenters. The maximum absolute atomic E-state index is 13.7. The topological polar surface area (TPSA) is 54.4 Å². The van der Waals surface area contributed by atoms with Gasteiger partial charge in [-0.1, -0.05) is 44.2 Å². The quantitative estimate of drug-likeness (QED) is 0.722. The average Bonchev–Trinajstić information content (AvgIpc) is 3.06. The van der Waals surface area contributed by atoms with Crippen molar-refractivity contribution in [2.45, 2.75) is 77.7 Å². The van der Waals surface area contributed by atoms with E-state index in [0.717, 1.165) is 50.5 Å². The van der Waals surface area contributed by atoms with Crippen LogP contribution in [-0.2, 0) is 15.2 Å². The van der Waals surface area contributed by atoms with Crippen LogP contribution in [0.4, 0.5) is 0 Å². The molecule has 30 heavy (non-hydrogen) atoms. The maximum Gasteiger partial charge on any atom is 0.137 e. The molecule has 1 aromatic carbocycles. The van der Waals surface area contributed by atoms with Crippen LogP contribution in [0, 0.1) is 40.4 Å². The molecule has 0 amide bonds. The Morgan fingerprint density at radius 2 is 1.73 bits per heavy atom. The van der Waals surface area contributed by atoms with E-state index in [9.17, 15) is 14.7 Å². The Labute approximate surface area is 180 Å². The molecule has 0 radical (unpaired) electrons. The SMILES string of the molecule is CC(=O)[C@H]1CC[C@H]2[C@@H]3CCC4C[C@@](O)(c5ccccc5)CC[C@]4(C)[C@H]3C(=O)C[C@]12C. The van der Waals surface area contributed by atoms with Crippen molar-refractivity contribution < 1.29 is 14.7 Å². The van der Waals surface area contributed by atoms with Crippen molar-refractivity contribution in [2.75, 3.05) is 0 Å². The number of benzene rings is 1. The van der Waals surface area contributed by atoms with E-state index in [2.05, 4.69) is 13.8 Å². The van der Waals surface area contributed by atoms with E-state index >= 15 is 0 Å². The highest BCUT2D eigenvalue weighted by molar-refractivity contribution is 5.87. The van der Waals surface area contributed by atoms with E-state index in [1.54, 1.807) is 6.92 Å². The van der Waals surface area contributed by atoms with Crippen LogP contribution < -0.4 is 0 Å². The molecule has 4 aliphatic rings. The summed E-state index contributed by atoms with van der Waals surface area (Å²) in [6.07, 6.45) is 7.22. The zero-order chi connectivity index (χ0) is 21.3. The lowest BCUT2D eigenvalue weighted by Gasteiger charge is -2.61. The van der Waals surface area contributed by atoms with Crippen LogP contribution in [0.5, 0.6) is 0 Å². The van der Waals surface area contributed by atoms with Gasteiger partial charge in [-0.3, -0.25) is 9.59 Å². The molecule has 0 aromatic heterocycles. The summed E-state index contributed by atoms with van der Waals surface area (Å²) < 4.78 is 0. The van der Waals surface area contributed by atoms with Gasteiger partial charge in [-0.25, -0.2) is 0 Å². The molecule has 1 N–H and O–H groups in total. The van der Waals surface area contributed by atoms with Gasteiger partial charge >= 0.3 is 0 Å². The second-order valence-electron chi connectivity index (χ2n) is 11.5. The molecule has 162 valence electrons. The molecule has 4 fully saturated rings. The number of rotatable bonds is 2. The standard InChI is InChI=1S/C27H36O3/c1-17(28)21-11-12-22-20-10-9-19-15-27(30,18-7-5-4-6-8-18)14-13-25(19,2)24(20)23(29)16-26(21,22)3/h4-8,19-22,24,30H,9-16H2,1-3H3/t19?,20-,21+,22-,24+,25-,26+,27+/m0/s1.